The number of amides is 2. The van der Waals surface area contributed by atoms with Crippen molar-refractivity contribution in [3.63, 3.8) is 0 Å². The molecule has 0 aliphatic carbocycles. The Hall–Kier alpha value is -1.10. The number of rotatable bonds is 4. The second-order valence-electron chi connectivity index (χ2n) is 6.12. The Morgan fingerprint density at radius 2 is 1.60 bits per heavy atom. The zero-order valence-corrected chi connectivity index (χ0v) is 13.6. The molecule has 0 aromatic rings. The first-order chi connectivity index (χ1) is 9.32. The van der Waals surface area contributed by atoms with Gasteiger partial charge in [-0.15, -0.1) is 0 Å². The Morgan fingerprint density at radius 1 is 1.00 bits per heavy atom. The van der Waals surface area contributed by atoms with Crippen LogP contribution in [0.25, 0.3) is 0 Å². The number of hydrogen-bond acceptors (Lipinski definition) is 3. The maximum Gasteiger partial charge on any atom is 0.237 e. The van der Waals surface area contributed by atoms with Crippen LogP contribution in [-0.4, -0.2) is 71.3 Å². The summed E-state index contributed by atoms with van der Waals surface area (Å²) in [4.78, 5) is 29.8. The molecule has 0 aromatic carbocycles. The average Bonchev–Trinajstić information content (AvgIpc) is 2.53. The van der Waals surface area contributed by atoms with E-state index in [2.05, 4.69) is 32.6 Å². The lowest BCUT2D eigenvalue weighted by Crippen LogP contribution is -2.47. The number of hydrogen-bond donors (Lipinski definition) is 0. The lowest BCUT2D eigenvalue weighted by Gasteiger charge is -2.33. The van der Waals surface area contributed by atoms with Gasteiger partial charge in [0.25, 0.3) is 0 Å². The Kier molecular flexibility index (Phi) is 6.46. The van der Waals surface area contributed by atoms with Crippen LogP contribution >= 0.6 is 0 Å². The fourth-order valence-corrected chi connectivity index (χ4v) is 2.89. The van der Waals surface area contributed by atoms with Crippen molar-refractivity contribution in [2.45, 2.75) is 53.1 Å². The van der Waals surface area contributed by atoms with Gasteiger partial charge in [0.2, 0.25) is 11.8 Å². The summed E-state index contributed by atoms with van der Waals surface area (Å²) in [7, 11) is 0. The van der Waals surface area contributed by atoms with Gasteiger partial charge in [-0.1, -0.05) is 0 Å². The molecule has 0 unspecified atom stereocenters. The van der Waals surface area contributed by atoms with Crippen LogP contribution in [0.4, 0.5) is 0 Å². The van der Waals surface area contributed by atoms with Gasteiger partial charge >= 0.3 is 0 Å². The van der Waals surface area contributed by atoms with Gasteiger partial charge in [-0.25, -0.2) is 0 Å². The predicted molar refractivity (Wildman–Crippen MR) is 80.4 cm³/mol. The molecule has 0 N–H and O–H groups in total. The molecule has 1 rings (SSSR count). The lowest BCUT2D eigenvalue weighted by atomic mass is 10.2. The Balaban J connectivity index is 2.55. The summed E-state index contributed by atoms with van der Waals surface area (Å²) in [6, 6.07) is 0.450. The van der Waals surface area contributed by atoms with Gasteiger partial charge in [0, 0.05) is 45.2 Å². The van der Waals surface area contributed by atoms with E-state index in [1.54, 1.807) is 6.92 Å². The molecule has 5 heteroatoms. The van der Waals surface area contributed by atoms with Crippen LogP contribution in [0.1, 0.15) is 41.0 Å². The van der Waals surface area contributed by atoms with E-state index in [-0.39, 0.29) is 23.9 Å². The lowest BCUT2D eigenvalue weighted by molar-refractivity contribution is -0.136. The molecule has 1 fully saturated rings. The molecule has 0 radical (unpaired) electrons. The highest BCUT2D eigenvalue weighted by Gasteiger charge is 2.24. The van der Waals surface area contributed by atoms with Gasteiger partial charge in [0.15, 0.2) is 0 Å². The molecule has 5 nitrogen and oxygen atoms in total. The second-order valence-corrected chi connectivity index (χ2v) is 6.12. The van der Waals surface area contributed by atoms with Crippen LogP contribution in [0.5, 0.6) is 0 Å². The molecule has 0 aromatic heterocycles. The van der Waals surface area contributed by atoms with Crippen LogP contribution < -0.4 is 0 Å². The topological polar surface area (TPSA) is 43.9 Å². The van der Waals surface area contributed by atoms with Crippen LogP contribution in [0.3, 0.4) is 0 Å². The maximum absolute atomic E-state index is 12.4. The highest BCUT2D eigenvalue weighted by atomic mass is 16.2. The van der Waals surface area contributed by atoms with E-state index in [4.69, 9.17) is 0 Å². The third-order valence-electron chi connectivity index (χ3n) is 3.79. The largest absolute Gasteiger partial charge is 0.342 e. The Morgan fingerprint density at radius 3 is 2.10 bits per heavy atom. The molecular weight excluding hydrogens is 254 g/mol. The predicted octanol–water partition coefficient (Wildman–Crippen LogP) is 1.19. The van der Waals surface area contributed by atoms with Crippen molar-refractivity contribution in [2.75, 3.05) is 32.7 Å². The third-order valence-corrected chi connectivity index (χ3v) is 3.79. The highest BCUT2D eigenvalue weighted by Crippen LogP contribution is 2.09. The van der Waals surface area contributed by atoms with E-state index in [1.807, 2.05) is 9.80 Å². The molecule has 1 heterocycles. The Labute approximate surface area is 122 Å². The van der Waals surface area contributed by atoms with Crippen molar-refractivity contribution < 1.29 is 9.59 Å². The quantitative estimate of drug-likeness (QED) is 0.778. The minimum Gasteiger partial charge on any atom is -0.342 e. The van der Waals surface area contributed by atoms with Crippen molar-refractivity contribution in [2.24, 2.45) is 0 Å². The zero-order chi connectivity index (χ0) is 15.3. The first-order valence-electron chi connectivity index (χ1n) is 7.62. The molecule has 0 spiro atoms. The van der Waals surface area contributed by atoms with Gasteiger partial charge < -0.3 is 9.80 Å². The van der Waals surface area contributed by atoms with Crippen LogP contribution in [0.2, 0.25) is 0 Å². The van der Waals surface area contributed by atoms with Crippen molar-refractivity contribution >= 4 is 11.8 Å². The van der Waals surface area contributed by atoms with Gasteiger partial charge in [0.05, 0.1) is 6.54 Å². The first-order valence-corrected chi connectivity index (χ1v) is 7.62. The fraction of sp³-hybridized carbons (Fsp3) is 0.867. The van der Waals surface area contributed by atoms with Crippen LogP contribution in [0.15, 0.2) is 0 Å². The normalized spacial score (nSPS) is 17.4. The average molecular weight is 283 g/mol. The third kappa shape index (κ3) is 4.78. The monoisotopic (exact) mass is 283 g/mol. The number of nitrogens with zero attached hydrogens (tertiary/aromatic N) is 3. The molecule has 1 saturated heterocycles. The molecule has 116 valence electrons. The molecule has 1 aliphatic heterocycles. The minimum atomic E-state index is 0.129. The minimum absolute atomic E-state index is 0.129. The molecule has 2 amide bonds. The van der Waals surface area contributed by atoms with E-state index in [0.717, 1.165) is 32.6 Å². The smallest absolute Gasteiger partial charge is 0.237 e. The SMILES string of the molecule is CC(=O)N1CCCN(CC(=O)N(C(C)C)C(C)C)CC1. The fourth-order valence-electron chi connectivity index (χ4n) is 2.89. The van der Waals surface area contributed by atoms with Gasteiger partial charge in [0.1, 0.15) is 0 Å². The van der Waals surface area contributed by atoms with E-state index >= 15 is 0 Å². The molecular formula is C15H29N3O2. The van der Waals surface area contributed by atoms with Crippen molar-refractivity contribution in [3.05, 3.63) is 0 Å². The summed E-state index contributed by atoms with van der Waals surface area (Å²) in [5.41, 5.74) is 0. The summed E-state index contributed by atoms with van der Waals surface area (Å²) in [5, 5.41) is 0. The molecule has 20 heavy (non-hydrogen) atoms. The molecule has 0 bridgehead atoms. The number of carbonyl (C=O) groups is 2. The van der Waals surface area contributed by atoms with Gasteiger partial charge in [-0.2, -0.15) is 0 Å². The standard InChI is InChI=1S/C15H29N3O2/c1-12(2)18(13(3)4)15(20)11-16-7-6-8-17(10-9-16)14(5)19/h12-13H,6-11H2,1-5H3. The highest BCUT2D eigenvalue weighted by molar-refractivity contribution is 5.79. The molecule has 0 atom stereocenters. The van der Waals surface area contributed by atoms with E-state index < -0.39 is 0 Å². The van der Waals surface area contributed by atoms with Crippen molar-refractivity contribution in [3.8, 4) is 0 Å². The summed E-state index contributed by atoms with van der Waals surface area (Å²) in [5.74, 6) is 0.315. The Bertz CT molecular complexity index is 334. The van der Waals surface area contributed by atoms with E-state index in [1.165, 1.54) is 0 Å². The molecule has 0 saturated carbocycles. The van der Waals surface area contributed by atoms with Crippen LogP contribution in [-0.2, 0) is 9.59 Å². The zero-order valence-electron chi connectivity index (χ0n) is 13.6. The maximum atomic E-state index is 12.4. The van der Waals surface area contributed by atoms with E-state index in [0.29, 0.717) is 6.54 Å². The second kappa shape index (κ2) is 7.62. The number of carbonyl (C=O) groups excluding carboxylic acids is 2. The van der Waals surface area contributed by atoms with Crippen molar-refractivity contribution in [1.82, 2.24) is 14.7 Å². The molecule has 1 aliphatic rings. The summed E-state index contributed by atoms with van der Waals surface area (Å²) >= 11 is 0. The van der Waals surface area contributed by atoms with Crippen molar-refractivity contribution in [1.29, 1.82) is 0 Å². The summed E-state index contributed by atoms with van der Waals surface area (Å²) in [6.45, 7) is 13.5. The summed E-state index contributed by atoms with van der Waals surface area (Å²) in [6.07, 6.45) is 0.941. The van der Waals surface area contributed by atoms with Crippen LogP contribution in [0, 0.1) is 0 Å². The summed E-state index contributed by atoms with van der Waals surface area (Å²) < 4.78 is 0. The first kappa shape index (κ1) is 17.0. The van der Waals surface area contributed by atoms with Gasteiger partial charge in [-0.05, 0) is 34.1 Å². The van der Waals surface area contributed by atoms with Gasteiger partial charge in [-0.3, -0.25) is 14.5 Å². The van der Waals surface area contributed by atoms with E-state index in [9.17, 15) is 9.59 Å².